The van der Waals surface area contributed by atoms with Crippen LogP contribution in [-0.2, 0) is 10.4 Å². The summed E-state index contributed by atoms with van der Waals surface area (Å²) in [5.41, 5.74) is -0.216. The second kappa shape index (κ2) is 6.14. The Hall–Kier alpha value is -1.43. The molecule has 0 aliphatic rings. The second-order valence-corrected chi connectivity index (χ2v) is 6.11. The number of carbonyl (C=O) groups is 1. The summed E-state index contributed by atoms with van der Waals surface area (Å²) in [7, 11) is 0. The molecule has 3 nitrogen and oxygen atoms in total. The van der Waals surface area contributed by atoms with Gasteiger partial charge in [0.05, 0.1) is 6.54 Å². The van der Waals surface area contributed by atoms with Gasteiger partial charge in [-0.15, -0.1) is 11.3 Å². The molecule has 0 saturated heterocycles. The highest BCUT2D eigenvalue weighted by molar-refractivity contribution is 7.10. The quantitative estimate of drug-likeness (QED) is 0.833. The van der Waals surface area contributed by atoms with E-state index in [4.69, 9.17) is 0 Å². The van der Waals surface area contributed by atoms with Crippen LogP contribution in [0, 0.1) is 0 Å². The first-order chi connectivity index (χ1) is 9.08. The molecule has 1 atom stereocenters. The van der Waals surface area contributed by atoms with Gasteiger partial charge in [0.1, 0.15) is 5.60 Å². The molecule has 0 bridgehead atoms. The predicted octanol–water partition coefficient (Wildman–Crippen LogP) is 2.85. The van der Waals surface area contributed by atoms with Crippen LogP contribution in [0.3, 0.4) is 0 Å². The number of carbonyl (C=O) groups excluding carboxylic acids is 1. The van der Waals surface area contributed by atoms with E-state index in [0.717, 1.165) is 10.4 Å². The third-order valence-electron chi connectivity index (χ3n) is 2.69. The van der Waals surface area contributed by atoms with Crippen LogP contribution in [0.4, 0.5) is 0 Å². The van der Waals surface area contributed by atoms with E-state index in [1.807, 2.05) is 34.3 Å². The fraction of sp³-hybridized carbons (Fsp3) is 0.214. The van der Waals surface area contributed by atoms with Crippen LogP contribution in [0.5, 0.6) is 0 Å². The van der Waals surface area contributed by atoms with Gasteiger partial charge in [-0.1, -0.05) is 6.07 Å². The molecule has 100 valence electrons. The highest BCUT2D eigenvalue weighted by Gasteiger charge is 2.23. The normalized spacial score (nSPS) is 14.4. The molecule has 0 fully saturated rings. The lowest BCUT2D eigenvalue weighted by molar-refractivity contribution is -0.117. The smallest absolute Gasteiger partial charge is 0.244 e. The van der Waals surface area contributed by atoms with Crippen molar-refractivity contribution in [2.75, 3.05) is 6.54 Å². The van der Waals surface area contributed by atoms with Crippen molar-refractivity contribution in [1.82, 2.24) is 5.32 Å². The molecule has 2 N–H and O–H groups in total. The van der Waals surface area contributed by atoms with Crippen molar-refractivity contribution in [3.05, 3.63) is 50.9 Å². The van der Waals surface area contributed by atoms with Crippen molar-refractivity contribution in [1.29, 1.82) is 0 Å². The molecule has 5 heteroatoms. The highest BCUT2D eigenvalue weighted by atomic mass is 32.1. The molecule has 2 aromatic heterocycles. The summed E-state index contributed by atoms with van der Waals surface area (Å²) in [4.78, 5) is 12.7. The third-order valence-corrected chi connectivity index (χ3v) is 4.21. The van der Waals surface area contributed by atoms with Crippen molar-refractivity contribution < 1.29 is 9.90 Å². The minimum Gasteiger partial charge on any atom is -0.384 e. The maximum atomic E-state index is 11.7. The molecule has 0 saturated carbocycles. The lowest BCUT2D eigenvalue weighted by Crippen LogP contribution is -2.37. The van der Waals surface area contributed by atoms with Gasteiger partial charge >= 0.3 is 0 Å². The van der Waals surface area contributed by atoms with Crippen molar-refractivity contribution in [2.24, 2.45) is 0 Å². The van der Waals surface area contributed by atoms with E-state index in [9.17, 15) is 9.90 Å². The first-order valence-corrected chi connectivity index (χ1v) is 7.65. The Bertz CT molecular complexity index is 542. The average Bonchev–Trinajstić information content (AvgIpc) is 3.06. The Labute approximate surface area is 120 Å². The molecule has 0 aliphatic heterocycles. The maximum absolute atomic E-state index is 11.7. The lowest BCUT2D eigenvalue weighted by Gasteiger charge is -2.22. The number of amides is 1. The summed E-state index contributed by atoms with van der Waals surface area (Å²) in [6.07, 6.45) is 3.24. The van der Waals surface area contributed by atoms with Gasteiger partial charge in [-0.25, -0.2) is 0 Å². The SMILES string of the molecule is C[C@@](O)(CNC(=O)/C=C/c1cccs1)c1ccsc1. The molecular weight excluding hydrogens is 278 g/mol. The van der Waals surface area contributed by atoms with Crippen LogP contribution in [0.15, 0.2) is 40.4 Å². The summed E-state index contributed by atoms with van der Waals surface area (Å²) in [5, 5.41) is 18.7. The monoisotopic (exact) mass is 293 g/mol. The van der Waals surface area contributed by atoms with Gasteiger partial charge in [-0.2, -0.15) is 11.3 Å². The van der Waals surface area contributed by atoms with Gasteiger partial charge < -0.3 is 10.4 Å². The van der Waals surface area contributed by atoms with Crippen molar-refractivity contribution in [2.45, 2.75) is 12.5 Å². The Balaban J connectivity index is 1.87. The molecule has 1 amide bonds. The molecule has 19 heavy (non-hydrogen) atoms. The van der Waals surface area contributed by atoms with Gasteiger partial charge in [-0.05, 0) is 46.8 Å². The number of aliphatic hydroxyl groups is 1. The third kappa shape index (κ3) is 4.02. The van der Waals surface area contributed by atoms with E-state index in [1.165, 1.54) is 17.4 Å². The summed E-state index contributed by atoms with van der Waals surface area (Å²) in [5.74, 6) is -0.205. The van der Waals surface area contributed by atoms with Gasteiger partial charge in [-0.3, -0.25) is 4.79 Å². The van der Waals surface area contributed by atoms with Crippen molar-refractivity contribution in [3.8, 4) is 0 Å². The highest BCUT2D eigenvalue weighted by Crippen LogP contribution is 2.21. The summed E-state index contributed by atoms with van der Waals surface area (Å²) < 4.78 is 0. The summed E-state index contributed by atoms with van der Waals surface area (Å²) >= 11 is 3.10. The maximum Gasteiger partial charge on any atom is 0.244 e. The molecule has 0 spiro atoms. The standard InChI is InChI=1S/C14H15NO2S2/c1-14(17,11-6-8-18-9-11)10-15-13(16)5-4-12-3-2-7-19-12/h2-9,17H,10H2,1H3,(H,15,16)/b5-4+/t14-/m1/s1. The molecule has 0 aliphatic carbocycles. The Kier molecular flexibility index (Phi) is 4.52. The van der Waals surface area contributed by atoms with Crippen LogP contribution >= 0.6 is 22.7 Å². The van der Waals surface area contributed by atoms with E-state index >= 15 is 0 Å². The minimum absolute atomic E-state index is 0.192. The number of rotatable bonds is 5. The Morgan fingerprint density at radius 1 is 1.47 bits per heavy atom. The molecule has 2 rings (SSSR count). The van der Waals surface area contributed by atoms with E-state index in [0.29, 0.717) is 0 Å². The number of nitrogens with one attached hydrogen (secondary N) is 1. The van der Waals surface area contributed by atoms with Gasteiger partial charge in [0, 0.05) is 11.0 Å². The summed E-state index contributed by atoms with van der Waals surface area (Å²) in [6.45, 7) is 1.88. The molecule has 2 aromatic rings. The van der Waals surface area contributed by atoms with Crippen LogP contribution < -0.4 is 5.32 Å². The van der Waals surface area contributed by atoms with Crippen LogP contribution in [0.25, 0.3) is 6.08 Å². The van der Waals surface area contributed by atoms with Crippen LogP contribution in [-0.4, -0.2) is 17.6 Å². The van der Waals surface area contributed by atoms with E-state index in [1.54, 1.807) is 24.3 Å². The molecular formula is C14H15NO2S2. The van der Waals surface area contributed by atoms with Gasteiger partial charge in [0.2, 0.25) is 5.91 Å². The molecule has 0 unspecified atom stereocenters. The zero-order chi connectivity index (χ0) is 13.7. The second-order valence-electron chi connectivity index (χ2n) is 4.35. The molecule has 2 heterocycles. The minimum atomic E-state index is -1.04. The van der Waals surface area contributed by atoms with E-state index < -0.39 is 5.60 Å². The average molecular weight is 293 g/mol. The Morgan fingerprint density at radius 2 is 2.32 bits per heavy atom. The van der Waals surface area contributed by atoms with Crippen LogP contribution in [0.1, 0.15) is 17.4 Å². The largest absolute Gasteiger partial charge is 0.384 e. The topological polar surface area (TPSA) is 49.3 Å². The zero-order valence-electron chi connectivity index (χ0n) is 10.5. The van der Waals surface area contributed by atoms with E-state index in [-0.39, 0.29) is 12.5 Å². The first kappa shape index (κ1) is 14.0. The van der Waals surface area contributed by atoms with Crippen molar-refractivity contribution in [3.63, 3.8) is 0 Å². The Morgan fingerprint density at radius 3 is 2.95 bits per heavy atom. The fourth-order valence-corrected chi connectivity index (χ4v) is 2.94. The van der Waals surface area contributed by atoms with Crippen LogP contribution in [0.2, 0.25) is 0 Å². The lowest BCUT2D eigenvalue weighted by atomic mass is 9.99. The first-order valence-electron chi connectivity index (χ1n) is 5.82. The zero-order valence-corrected chi connectivity index (χ0v) is 12.1. The van der Waals surface area contributed by atoms with Gasteiger partial charge in [0.25, 0.3) is 0 Å². The summed E-state index contributed by atoms with van der Waals surface area (Å²) in [6, 6.07) is 5.73. The molecule has 0 radical (unpaired) electrons. The van der Waals surface area contributed by atoms with Crippen molar-refractivity contribution >= 4 is 34.7 Å². The van der Waals surface area contributed by atoms with Gasteiger partial charge in [0.15, 0.2) is 0 Å². The molecule has 0 aromatic carbocycles. The predicted molar refractivity (Wildman–Crippen MR) is 80.3 cm³/mol. The number of thiophene rings is 2. The van der Waals surface area contributed by atoms with E-state index in [2.05, 4.69) is 5.32 Å². The number of hydrogen-bond donors (Lipinski definition) is 2. The fourth-order valence-electron chi connectivity index (χ4n) is 1.54. The number of hydrogen-bond acceptors (Lipinski definition) is 4.